The zero-order chi connectivity index (χ0) is 15.7. The van der Waals surface area contributed by atoms with Crippen molar-refractivity contribution < 1.29 is 13.2 Å². The fourth-order valence-corrected chi connectivity index (χ4v) is 2.84. The van der Waals surface area contributed by atoms with Crippen LogP contribution in [0.25, 0.3) is 0 Å². The van der Waals surface area contributed by atoms with Crippen LogP contribution in [0.1, 0.15) is 51.2 Å². The number of rotatable bonds is 4. The lowest BCUT2D eigenvalue weighted by atomic mass is 9.65. The van der Waals surface area contributed by atoms with E-state index in [1.165, 1.54) is 18.6 Å². The molecule has 4 heteroatoms. The first-order valence-electron chi connectivity index (χ1n) is 7.51. The molecule has 1 aromatic carbocycles. The van der Waals surface area contributed by atoms with Crippen molar-refractivity contribution in [1.29, 1.82) is 0 Å². The van der Waals surface area contributed by atoms with Crippen LogP contribution in [0.4, 0.5) is 13.2 Å². The zero-order valence-corrected chi connectivity index (χ0v) is 13.0. The Balaban J connectivity index is 2.08. The molecule has 0 amide bonds. The van der Waals surface area contributed by atoms with Gasteiger partial charge in [0, 0.05) is 12.1 Å². The molecule has 2 rings (SSSR count). The lowest BCUT2D eigenvalue weighted by Gasteiger charge is -2.44. The summed E-state index contributed by atoms with van der Waals surface area (Å²) in [5.41, 5.74) is 0.409. The molecule has 1 nitrogen and oxygen atoms in total. The average molecular weight is 299 g/mol. The molecule has 118 valence electrons. The fraction of sp³-hybridized carbons (Fsp3) is 0.647. The highest BCUT2D eigenvalue weighted by molar-refractivity contribution is 5.27. The van der Waals surface area contributed by atoms with Crippen molar-refractivity contribution in [2.24, 2.45) is 5.41 Å². The Morgan fingerprint density at radius 2 is 1.81 bits per heavy atom. The second kappa shape index (κ2) is 5.64. The van der Waals surface area contributed by atoms with Crippen LogP contribution in [-0.4, -0.2) is 12.1 Å². The maximum atomic E-state index is 12.8. The SMILES string of the molecule is CC(C)(C)NCC1(Cc2cccc(C(F)(F)F)c2)CCC1. The number of nitrogens with one attached hydrogen (secondary N) is 1. The summed E-state index contributed by atoms with van der Waals surface area (Å²) in [5, 5.41) is 3.51. The molecule has 0 heterocycles. The van der Waals surface area contributed by atoms with Gasteiger partial charge in [-0.1, -0.05) is 24.6 Å². The van der Waals surface area contributed by atoms with E-state index in [2.05, 4.69) is 26.1 Å². The normalized spacial score (nSPS) is 18.4. The minimum atomic E-state index is -4.26. The maximum Gasteiger partial charge on any atom is 0.416 e. The predicted octanol–water partition coefficient (Wildman–Crippen LogP) is 4.81. The molecule has 1 fully saturated rings. The highest BCUT2D eigenvalue weighted by Crippen LogP contribution is 2.44. The van der Waals surface area contributed by atoms with Crippen molar-refractivity contribution in [3.05, 3.63) is 35.4 Å². The van der Waals surface area contributed by atoms with Gasteiger partial charge in [0.1, 0.15) is 0 Å². The number of halogens is 3. The van der Waals surface area contributed by atoms with Crippen LogP contribution in [0.3, 0.4) is 0 Å². The Labute approximate surface area is 124 Å². The third kappa shape index (κ3) is 4.47. The van der Waals surface area contributed by atoms with E-state index in [1.54, 1.807) is 0 Å². The molecule has 0 bridgehead atoms. The van der Waals surface area contributed by atoms with Gasteiger partial charge in [0.2, 0.25) is 0 Å². The molecule has 0 aromatic heterocycles. The van der Waals surface area contributed by atoms with Crippen LogP contribution < -0.4 is 5.32 Å². The molecule has 1 aliphatic carbocycles. The standard InChI is InChI=1S/C17H24F3N/c1-15(2,3)21-12-16(8-5-9-16)11-13-6-4-7-14(10-13)17(18,19)20/h4,6-7,10,21H,5,8-9,11-12H2,1-3H3. The first kappa shape index (κ1) is 16.3. The Kier molecular flexibility index (Phi) is 4.39. The lowest BCUT2D eigenvalue weighted by molar-refractivity contribution is -0.137. The lowest BCUT2D eigenvalue weighted by Crippen LogP contribution is -2.48. The summed E-state index contributed by atoms with van der Waals surface area (Å²) in [6.07, 6.45) is -0.185. The number of alkyl halides is 3. The molecule has 0 saturated heterocycles. The summed E-state index contributed by atoms with van der Waals surface area (Å²) in [7, 11) is 0. The van der Waals surface area contributed by atoms with E-state index in [0.29, 0.717) is 0 Å². The van der Waals surface area contributed by atoms with Gasteiger partial charge >= 0.3 is 6.18 Å². The number of benzene rings is 1. The van der Waals surface area contributed by atoms with Crippen LogP contribution in [0, 0.1) is 5.41 Å². The van der Waals surface area contributed by atoms with E-state index in [-0.39, 0.29) is 11.0 Å². The van der Waals surface area contributed by atoms with Gasteiger partial charge in [0.05, 0.1) is 5.56 Å². The number of hydrogen-bond donors (Lipinski definition) is 1. The van der Waals surface area contributed by atoms with Gasteiger partial charge in [-0.15, -0.1) is 0 Å². The second-order valence-corrected chi connectivity index (χ2v) is 7.33. The quantitative estimate of drug-likeness (QED) is 0.841. The molecule has 1 aliphatic rings. The van der Waals surface area contributed by atoms with Gasteiger partial charge in [-0.25, -0.2) is 0 Å². The van der Waals surface area contributed by atoms with Crippen molar-refractivity contribution >= 4 is 0 Å². The van der Waals surface area contributed by atoms with Crippen LogP contribution >= 0.6 is 0 Å². The van der Waals surface area contributed by atoms with Gasteiger partial charge in [0.25, 0.3) is 0 Å². The average Bonchev–Trinajstić information content (AvgIpc) is 2.30. The van der Waals surface area contributed by atoms with E-state index in [1.807, 2.05) is 6.07 Å². The molecule has 0 atom stereocenters. The molecule has 1 N–H and O–H groups in total. The van der Waals surface area contributed by atoms with E-state index in [4.69, 9.17) is 0 Å². The Morgan fingerprint density at radius 1 is 1.14 bits per heavy atom. The molecule has 1 saturated carbocycles. The minimum Gasteiger partial charge on any atom is -0.312 e. The van der Waals surface area contributed by atoms with Gasteiger partial charge in [-0.2, -0.15) is 13.2 Å². The van der Waals surface area contributed by atoms with Crippen LogP contribution in [0.5, 0.6) is 0 Å². The minimum absolute atomic E-state index is 0.0381. The molecule has 1 aromatic rings. The second-order valence-electron chi connectivity index (χ2n) is 7.33. The summed E-state index contributed by atoms with van der Waals surface area (Å²) in [6.45, 7) is 7.21. The van der Waals surface area contributed by atoms with Crippen molar-refractivity contribution in [3.63, 3.8) is 0 Å². The van der Waals surface area contributed by atoms with E-state index in [0.717, 1.165) is 37.4 Å². The first-order valence-corrected chi connectivity index (χ1v) is 7.51. The topological polar surface area (TPSA) is 12.0 Å². The van der Waals surface area contributed by atoms with Crippen molar-refractivity contribution in [2.45, 2.75) is 58.2 Å². The fourth-order valence-electron chi connectivity index (χ4n) is 2.84. The molecule has 21 heavy (non-hydrogen) atoms. The third-order valence-corrected chi connectivity index (χ3v) is 4.24. The number of hydrogen-bond acceptors (Lipinski definition) is 1. The van der Waals surface area contributed by atoms with Crippen LogP contribution in [-0.2, 0) is 12.6 Å². The monoisotopic (exact) mass is 299 g/mol. The van der Waals surface area contributed by atoms with Crippen LogP contribution in [0.15, 0.2) is 24.3 Å². The third-order valence-electron chi connectivity index (χ3n) is 4.24. The van der Waals surface area contributed by atoms with E-state index in [9.17, 15) is 13.2 Å². The Bertz CT molecular complexity index is 482. The molecular weight excluding hydrogens is 275 g/mol. The molecule has 0 radical (unpaired) electrons. The predicted molar refractivity (Wildman–Crippen MR) is 79.2 cm³/mol. The summed E-state index contributed by atoms with van der Waals surface area (Å²) in [6, 6.07) is 5.77. The van der Waals surface area contributed by atoms with Crippen molar-refractivity contribution in [3.8, 4) is 0 Å². The molecule has 0 aliphatic heterocycles. The highest BCUT2D eigenvalue weighted by Gasteiger charge is 2.38. The zero-order valence-electron chi connectivity index (χ0n) is 13.0. The maximum absolute atomic E-state index is 12.8. The summed E-state index contributed by atoms with van der Waals surface area (Å²) in [5.74, 6) is 0. The van der Waals surface area contributed by atoms with Crippen LogP contribution in [0.2, 0.25) is 0 Å². The Morgan fingerprint density at radius 3 is 2.29 bits per heavy atom. The van der Waals surface area contributed by atoms with E-state index >= 15 is 0 Å². The van der Waals surface area contributed by atoms with Gasteiger partial charge in [-0.05, 0) is 57.1 Å². The first-order chi connectivity index (χ1) is 9.60. The van der Waals surface area contributed by atoms with Gasteiger partial charge in [0.15, 0.2) is 0 Å². The van der Waals surface area contributed by atoms with Crippen molar-refractivity contribution in [1.82, 2.24) is 5.32 Å². The Hall–Kier alpha value is -1.03. The molecule has 0 unspecified atom stereocenters. The molecule has 0 spiro atoms. The van der Waals surface area contributed by atoms with Crippen molar-refractivity contribution in [2.75, 3.05) is 6.54 Å². The highest BCUT2D eigenvalue weighted by atomic mass is 19.4. The summed E-state index contributed by atoms with van der Waals surface area (Å²) >= 11 is 0. The largest absolute Gasteiger partial charge is 0.416 e. The van der Waals surface area contributed by atoms with E-state index < -0.39 is 11.7 Å². The van der Waals surface area contributed by atoms with Gasteiger partial charge < -0.3 is 5.32 Å². The smallest absolute Gasteiger partial charge is 0.312 e. The summed E-state index contributed by atoms with van der Waals surface area (Å²) in [4.78, 5) is 0. The van der Waals surface area contributed by atoms with Gasteiger partial charge in [-0.3, -0.25) is 0 Å². The molecular formula is C17H24F3N. The summed E-state index contributed by atoms with van der Waals surface area (Å²) < 4.78 is 38.4.